The van der Waals surface area contributed by atoms with Crippen LogP contribution in [0.2, 0.25) is 0 Å². The van der Waals surface area contributed by atoms with Crippen LogP contribution in [0.1, 0.15) is 13.3 Å². The molecule has 0 heterocycles. The first-order valence-electron chi connectivity index (χ1n) is 3.03. The van der Waals surface area contributed by atoms with Gasteiger partial charge in [0.1, 0.15) is 5.83 Å². The second-order valence-electron chi connectivity index (χ2n) is 2.63. The van der Waals surface area contributed by atoms with Gasteiger partial charge in [0, 0.05) is 12.1 Å². The van der Waals surface area contributed by atoms with E-state index in [1.807, 2.05) is 0 Å². The second-order valence-corrected chi connectivity index (χ2v) is 2.63. The van der Waals surface area contributed by atoms with Crippen LogP contribution in [0.5, 0.6) is 0 Å². The number of alkyl halides is 1. The van der Waals surface area contributed by atoms with Gasteiger partial charge in [-0.05, 0) is 19.1 Å². The summed E-state index contributed by atoms with van der Waals surface area (Å²) in [5.74, 6) is -0.748. The molecule has 0 aromatic heterocycles. The van der Waals surface area contributed by atoms with Crippen LogP contribution in [-0.4, -0.2) is 5.67 Å². The Kier molecular flexibility index (Phi) is 1.50. The summed E-state index contributed by atoms with van der Waals surface area (Å²) in [6.45, 7) is 1.18. The first kappa shape index (κ1) is 7.25. The van der Waals surface area contributed by atoms with Gasteiger partial charge in [-0.3, -0.25) is 0 Å². The number of halogens is 2. The topological polar surface area (TPSA) is 26.0 Å². The Labute approximate surface area is 58.2 Å². The van der Waals surface area contributed by atoms with Crippen LogP contribution in [0.4, 0.5) is 8.78 Å². The Hall–Kier alpha value is -0.860. The van der Waals surface area contributed by atoms with E-state index in [0.29, 0.717) is 5.70 Å². The highest BCUT2D eigenvalue weighted by molar-refractivity contribution is 5.26. The summed E-state index contributed by atoms with van der Waals surface area (Å²) < 4.78 is 25.5. The minimum Gasteiger partial charge on any atom is -0.402 e. The third-order valence-corrected chi connectivity index (χ3v) is 1.48. The van der Waals surface area contributed by atoms with Crippen LogP contribution >= 0.6 is 0 Å². The maximum Gasteiger partial charge on any atom is 0.164 e. The summed E-state index contributed by atoms with van der Waals surface area (Å²) in [5, 5.41) is 0. The molecule has 1 atom stereocenters. The molecule has 0 saturated heterocycles. The Morgan fingerprint density at radius 3 is 2.60 bits per heavy atom. The van der Waals surface area contributed by atoms with Crippen molar-refractivity contribution >= 4 is 0 Å². The Bertz CT molecular complexity index is 204. The maximum atomic E-state index is 13.0. The van der Waals surface area contributed by atoms with Crippen molar-refractivity contribution in [2.45, 2.75) is 19.0 Å². The van der Waals surface area contributed by atoms with Crippen LogP contribution in [-0.2, 0) is 0 Å². The predicted molar refractivity (Wildman–Crippen MR) is 35.6 cm³/mol. The van der Waals surface area contributed by atoms with Crippen LogP contribution in [0.15, 0.2) is 23.7 Å². The summed E-state index contributed by atoms with van der Waals surface area (Å²) in [4.78, 5) is 0. The summed E-state index contributed by atoms with van der Waals surface area (Å²) in [6, 6.07) is 0. The smallest absolute Gasteiger partial charge is 0.164 e. The molecular weight excluding hydrogens is 136 g/mol. The van der Waals surface area contributed by atoms with E-state index < -0.39 is 11.5 Å². The van der Waals surface area contributed by atoms with E-state index in [4.69, 9.17) is 5.73 Å². The molecule has 10 heavy (non-hydrogen) atoms. The zero-order chi connectivity index (χ0) is 7.78. The number of hydrogen-bond donors (Lipinski definition) is 1. The van der Waals surface area contributed by atoms with Gasteiger partial charge in [0.25, 0.3) is 0 Å². The predicted octanol–water partition coefficient (Wildman–Crippen LogP) is 1.81. The van der Waals surface area contributed by atoms with Gasteiger partial charge in [-0.25, -0.2) is 8.78 Å². The number of hydrogen-bond acceptors (Lipinski definition) is 1. The lowest BCUT2D eigenvalue weighted by molar-refractivity contribution is 0.194. The highest BCUT2D eigenvalue weighted by atomic mass is 19.2. The van der Waals surface area contributed by atoms with Crippen molar-refractivity contribution in [3.63, 3.8) is 0 Å². The minimum atomic E-state index is -1.89. The summed E-state index contributed by atoms with van der Waals surface area (Å²) in [7, 11) is 0. The monoisotopic (exact) mass is 145 g/mol. The van der Waals surface area contributed by atoms with E-state index in [1.54, 1.807) is 0 Å². The molecule has 1 unspecified atom stereocenters. The number of rotatable bonds is 0. The lowest BCUT2D eigenvalue weighted by atomic mass is 9.96. The number of nitrogens with two attached hydrogens (primary N) is 1. The van der Waals surface area contributed by atoms with Gasteiger partial charge in [-0.15, -0.1) is 0 Å². The summed E-state index contributed by atoms with van der Waals surface area (Å²) >= 11 is 0. The molecule has 2 N–H and O–H groups in total. The van der Waals surface area contributed by atoms with Crippen molar-refractivity contribution in [3.8, 4) is 0 Å². The van der Waals surface area contributed by atoms with E-state index in [9.17, 15) is 8.78 Å². The van der Waals surface area contributed by atoms with Crippen molar-refractivity contribution in [2.24, 2.45) is 5.73 Å². The first-order valence-corrected chi connectivity index (χ1v) is 3.03. The second kappa shape index (κ2) is 2.08. The lowest BCUT2D eigenvalue weighted by Crippen LogP contribution is -2.24. The van der Waals surface area contributed by atoms with Crippen molar-refractivity contribution in [3.05, 3.63) is 23.7 Å². The molecule has 0 aromatic carbocycles. The largest absolute Gasteiger partial charge is 0.402 e. The quantitative estimate of drug-likeness (QED) is 0.552. The summed E-state index contributed by atoms with van der Waals surface area (Å²) in [6.07, 6.45) is 2.41. The molecule has 0 aliphatic heterocycles. The fourth-order valence-corrected chi connectivity index (χ4v) is 0.881. The zero-order valence-electron chi connectivity index (χ0n) is 5.70. The fraction of sp³-hybridized carbons (Fsp3) is 0.429. The molecule has 0 radical (unpaired) electrons. The highest BCUT2D eigenvalue weighted by Gasteiger charge is 2.31. The van der Waals surface area contributed by atoms with Gasteiger partial charge in [-0.1, -0.05) is 0 Å². The molecule has 56 valence electrons. The Morgan fingerprint density at radius 1 is 1.60 bits per heavy atom. The molecule has 0 amide bonds. The van der Waals surface area contributed by atoms with Gasteiger partial charge < -0.3 is 5.73 Å². The van der Waals surface area contributed by atoms with Crippen LogP contribution in [0.3, 0.4) is 0 Å². The van der Waals surface area contributed by atoms with Crippen molar-refractivity contribution < 1.29 is 8.78 Å². The van der Waals surface area contributed by atoms with Crippen LogP contribution in [0.25, 0.3) is 0 Å². The van der Waals surface area contributed by atoms with Gasteiger partial charge in [0.15, 0.2) is 5.67 Å². The average Bonchev–Trinajstić information content (AvgIpc) is 1.78. The van der Waals surface area contributed by atoms with E-state index in [0.717, 1.165) is 6.08 Å². The van der Waals surface area contributed by atoms with E-state index in [2.05, 4.69) is 0 Å². The SMILES string of the molecule is CC1(F)CC(N)=CC=C1F. The molecule has 1 aliphatic rings. The highest BCUT2D eigenvalue weighted by Crippen LogP contribution is 2.31. The van der Waals surface area contributed by atoms with Gasteiger partial charge >= 0.3 is 0 Å². The molecule has 3 heteroatoms. The molecular formula is C7H9F2N. The molecule has 1 rings (SSSR count). The zero-order valence-corrected chi connectivity index (χ0v) is 5.70. The van der Waals surface area contributed by atoms with Gasteiger partial charge in [-0.2, -0.15) is 0 Å². The molecule has 1 aliphatic carbocycles. The standard InChI is InChI=1S/C7H9F2N/c1-7(9)4-5(10)2-3-6(7)8/h2-3H,4,10H2,1H3. The van der Waals surface area contributed by atoms with Crippen molar-refractivity contribution in [1.29, 1.82) is 0 Å². The molecule has 0 fully saturated rings. The third kappa shape index (κ3) is 1.17. The fourth-order valence-electron chi connectivity index (χ4n) is 0.881. The van der Waals surface area contributed by atoms with E-state index in [1.165, 1.54) is 13.0 Å². The minimum absolute atomic E-state index is 0.0463. The number of allylic oxidation sites excluding steroid dienone is 4. The summed E-state index contributed by atoms with van der Waals surface area (Å²) in [5.41, 5.74) is 3.77. The molecule has 0 aromatic rings. The molecule has 0 bridgehead atoms. The van der Waals surface area contributed by atoms with E-state index in [-0.39, 0.29) is 6.42 Å². The Balaban J connectivity index is 2.89. The first-order chi connectivity index (χ1) is 4.52. The van der Waals surface area contributed by atoms with Crippen LogP contribution in [0, 0.1) is 0 Å². The van der Waals surface area contributed by atoms with Crippen molar-refractivity contribution in [2.75, 3.05) is 0 Å². The molecule has 0 spiro atoms. The normalized spacial score (nSPS) is 33.1. The van der Waals surface area contributed by atoms with E-state index >= 15 is 0 Å². The van der Waals surface area contributed by atoms with Gasteiger partial charge in [0.05, 0.1) is 0 Å². The maximum absolute atomic E-state index is 13.0. The molecule has 0 saturated carbocycles. The molecule has 1 nitrogen and oxygen atoms in total. The third-order valence-electron chi connectivity index (χ3n) is 1.48. The average molecular weight is 145 g/mol. The lowest BCUT2D eigenvalue weighted by Gasteiger charge is -2.20. The van der Waals surface area contributed by atoms with Gasteiger partial charge in [0.2, 0.25) is 0 Å². The van der Waals surface area contributed by atoms with Crippen molar-refractivity contribution in [1.82, 2.24) is 0 Å². The Morgan fingerprint density at radius 2 is 2.20 bits per heavy atom. The van der Waals surface area contributed by atoms with Crippen LogP contribution < -0.4 is 5.73 Å².